The van der Waals surface area contributed by atoms with Crippen molar-refractivity contribution in [1.82, 2.24) is 0 Å². The summed E-state index contributed by atoms with van der Waals surface area (Å²) >= 11 is 1.37. The lowest BCUT2D eigenvalue weighted by molar-refractivity contribution is 0.101. The zero-order valence-electron chi connectivity index (χ0n) is 17.7. The molecule has 0 fully saturated rings. The standard InChI is InChI=1S/C26H22N2O4S/c29-25(27-19-8-6-9-20(18-19)28-26(30)24-14-7-17-33-24)22-12-4-5-13-23(22)32-16-15-31-21-10-2-1-3-11-21/h1-14,17-18H,15-16H2,(H,27,29)(H,28,30). The van der Waals surface area contributed by atoms with Crippen LogP contribution in [0.3, 0.4) is 0 Å². The fourth-order valence-electron chi connectivity index (χ4n) is 3.08. The van der Waals surface area contributed by atoms with Crippen molar-refractivity contribution in [3.63, 3.8) is 0 Å². The second-order valence-corrected chi connectivity index (χ2v) is 7.92. The van der Waals surface area contributed by atoms with Crippen molar-refractivity contribution in [3.8, 4) is 11.5 Å². The van der Waals surface area contributed by atoms with Crippen molar-refractivity contribution in [2.24, 2.45) is 0 Å². The molecule has 4 rings (SSSR count). The van der Waals surface area contributed by atoms with Crippen LogP contribution in [0.5, 0.6) is 11.5 Å². The van der Waals surface area contributed by atoms with E-state index in [1.807, 2.05) is 47.8 Å². The molecule has 0 atom stereocenters. The van der Waals surface area contributed by atoms with Crippen molar-refractivity contribution < 1.29 is 19.1 Å². The van der Waals surface area contributed by atoms with Crippen molar-refractivity contribution in [3.05, 3.63) is 107 Å². The number of thiophene rings is 1. The van der Waals surface area contributed by atoms with E-state index < -0.39 is 0 Å². The molecule has 166 valence electrons. The minimum atomic E-state index is -0.309. The molecule has 4 aromatic rings. The monoisotopic (exact) mass is 458 g/mol. The van der Waals surface area contributed by atoms with Gasteiger partial charge in [0.25, 0.3) is 11.8 Å². The van der Waals surface area contributed by atoms with Crippen molar-refractivity contribution >= 4 is 34.5 Å². The number of hydrogen-bond acceptors (Lipinski definition) is 5. The molecule has 1 aromatic heterocycles. The molecule has 2 N–H and O–H groups in total. The maximum atomic E-state index is 12.9. The Kier molecular flexibility index (Phi) is 7.35. The highest BCUT2D eigenvalue weighted by Gasteiger charge is 2.13. The molecule has 0 unspecified atom stereocenters. The number of hydrogen-bond donors (Lipinski definition) is 2. The van der Waals surface area contributed by atoms with E-state index in [1.165, 1.54) is 11.3 Å². The summed E-state index contributed by atoms with van der Waals surface area (Å²) in [5.74, 6) is 0.730. The Hall–Kier alpha value is -4.10. The maximum absolute atomic E-state index is 12.9. The minimum Gasteiger partial charge on any atom is -0.490 e. The Balaban J connectivity index is 1.36. The van der Waals surface area contributed by atoms with Crippen LogP contribution in [0.15, 0.2) is 96.4 Å². The van der Waals surface area contributed by atoms with Crippen LogP contribution in [0.2, 0.25) is 0 Å². The van der Waals surface area contributed by atoms with Gasteiger partial charge in [-0.2, -0.15) is 0 Å². The average Bonchev–Trinajstić information content (AvgIpc) is 3.38. The van der Waals surface area contributed by atoms with Gasteiger partial charge >= 0.3 is 0 Å². The van der Waals surface area contributed by atoms with Crippen LogP contribution in [-0.4, -0.2) is 25.0 Å². The number of para-hydroxylation sites is 2. The van der Waals surface area contributed by atoms with Crippen LogP contribution < -0.4 is 20.1 Å². The fraction of sp³-hybridized carbons (Fsp3) is 0.0769. The number of anilines is 2. The molecule has 0 aliphatic heterocycles. The van der Waals surface area contributed by atoms with E-state index in [2.05, 4.69) is 10.6 Å². The number of benzene rings is 3. The number of carbonyl (C=O) groups is 2. The molecule has 0 bridgehead atoms. The lowest BCUT2D eigenvalue weighted by Crippen LogP contribution is -2.16. The van der Waals surface area contributed by atoms with Gasteiger partial charge in [-0.05, 0) is 53.9 Å². The highest BCUT2D eigenvalue weighted by atomic mass is 32.1. The van der Waals surface area contributed by atoms with Gasteiger partial charge in [-0.3, -0.25) is 9.59 Å². The second-order valence-electron chi connectivity index (χ2n) is 6.97. The van der Waals surface area contributed by atoms with Crippen molar-refractivity contribution in [1.29, 1.82) is 0 Å². The molecule has 0 saturated heterocycles. The largest absolute Gasteiger partial charge is 0.490 e. The quantitative estimate of drug-likeness (QED) is 0.315. The van der Waals surface area contributed by atoms with Crippen molar-refractivity contribution in [2.45, 2.75) is 0 Å². The van der Waals surface area contributed by atoms with Gasteiger partial charge in [-0.15, -0.1) is 11.3 Å². The minimum absolute atomic E-state index is 0.190. The van der Waals surface area contributed by atoms with Crippen LogP contribution >= 0.6 is 11.3 Å². The Morgan fingerprint density at radius 2 is 1.39 bits per heavy atom. The Bertz CT molecular complexity index is 1210. The summed E-state index contributed by atoms with van der Waals surface area (Å²) < 4.78 is 11.4. The molecule has 0 saturated carbocycles. The summed E-state index contributed by atoms with van der Waals surface area (Å²) in [6.07, 6.45) is 0. The molecule has 6 nitrogen and oxygen atoms in total. The summed E-state index contributed by atoms with van der Waals surface area (Å²) in [4.78, 5) is 25.8. The Morgan fingerprint density at radius 3 is 2.15 bits per heavy atom. The topological polar surface area (TPSA) is 76.7 Å². The molecule has 33 heavy (non-hydrogen) atoms. The van der Waals surface area contributed by atoms with E-state index in [0.717, 1.165) is 5.75 Å². The molecule has 0 radical (unpaired) electrons. The molecule has 3 aromatic carbocycles. The zero-order valence-corrected chi connectivity index (χ0v) is 18.5. The van der Waals surface area contributed by atoms with Crippen LogP contribution in [0, 0.1) is 0 Å². The smallest absolute Gasteiger partial charge is 0.265 e. The first kappa shape index (κ1) is 22.1. The summed E-state index contributed by atoms with van der Waals surface area (Å²) in [7, 11) is 0. The predicted octanol–water partition coefficient (Wildman–Crippen LogP) is 5.71. The van der Waals surface area contributed by atoms with Gasteiger partial charge in [-0.1, -0.05) is 42.5 Å². The van der Waals surface area contributed by atoms with Gasteiger partial charge in [0.05, 0.1) is 10.4 Å². The van der Waals surface area contributed by atoms with Gasteiger partial charge in [0.1, 0.15) is 24.7 Å². The lowest BCUT2D eigenvalue weighted by Gasteiger charge is -2.13. The SMILES string of the molecule is O=C(Nc1cccc(NC(=O)c2ccccc2OCCOc2ccccc2)c1)c1cccs1. The number of rotatable bonds is 9. The third kappa shape index (κ3) is 6.21. The van der Waals surface area contributed by atoms with E-state index in [1.54, 1.807) is 48.5 Å². The number of carbonyl (C=O) groups excluding carboxylic acids is 2. The van der Waals surface area contributed by atoms with E-state index >= 15 is 0 Å². The van der Waals surface area contributed by atoms with Crippen LogP contribution in [0.4, 0.5) is 11.4 Å². The normalized spacial score (nSPS) is 10.3. The zero-order chi connectivity index (χ0) is 22.9. The summed E-state index contributed by atoms with van der Waals surface area (Å²) in [6, 6.07) is 27.1. The highest BCUT2D eigenvalue weighted by molar-refractivity contribution is 7.12. The molecule has 0 spiro atoms. The highest BCUT2D eigenvalue weighted by Crippen LogP contribution is 2.22. The second kappa shape index (κ2) is 11.0. The predicted molar refractivity (Wildman–Crippen MR) is 131 cm³/mol. The summed E-state index contributed by atoms with van der Waals surface area (Å²) in [5.41, 5.74) is 1.56. The van der Waals surface area contributed by atoms with Gasteiger partial charge in [0.15, 0.2) is 0 Å². The molecule has 0 aliphatic carbocycles. The van der Waals surface area contributed by atoms with Crippen LogP contribution in [0.25, 0.3) is 0 Å². The van der Waals surface area contributed by atoms with Gasteiger partial charge < -0.3 is 20.1 Å². The molecule has 0 aliphatic rings. The van der Waals surface area contributed by atoms with Crippen LogP contribution in [0.1, 0.15) is 20.0 Å². The number of ether oxygens (including phenoxy) is 2. The van der Waals surface area contributed by atoms with Gasteiger partial charge in [0.2, 0.25) is 0 Å². The fourth-order valence-corrected chi connectivity index (χ4v) is 3.70. The first-order chi connectivity index (χ1) is 16.2. The van der Waals surface area contributed by atoms with Crippen LogP contribution in [-0.2, 0) is 0 Å². The Morgan fingerprint density at radius 1 is 0.697 bits per heavy atom. The summed E-state index contributed by atoms with van der Waals surface area (Å²) in [6.45, 7) is 0.648. The molecular formula is C26H22N2O4S. The lowest BCUT2D eigenvalue weighted by atomic mass is 10.1. The summed E-state index contributed by atoms with van der Waals surface area (Å²) in [5, 5.41) is 7.55. The third-order valence-electron chi connectivity index (χ3n) is 4.61. The number of nitrogens with one attached hydrogen (secondary N) is 2. The molecule has 2 amide bonds. The molecular weight excluding hydrogens is 436 g/mol. The van der Waals surface area contributed by atoms with Crippen molar-refractivity contribution in [2.75, 3.05) is 23.8 Å². The molecule has 1 heterocycles. The van der Waals surface area contributed by atoms with E-state index in [0.29, 0.717) is 40.8 Å². The van der Waals surface area contributed by atoms with E-state index in [9.17, 15) is 9.59 Å². The van der Waals surface area contributed by atoms with Gasteiger partial charge in [-0.25, -0.2) is 0 Å². The number of amides is 2. The van der Waals surface area contributed by atoms with Gasteiger partial charge in [0, 0.05) is 11.4 Å². The maximum Gasteiger partial charge on any atom is 0.265 e. The molecule has 7 heteroatoms. The third-order valence-corrected chi connectivity index (χ3v) is 5.48. The average molecular weight is 459 g/mol. The first-order valence-corrected chi connectivity index (χ1v) is 11.2. The Labute approximate surface area is 195 Å². The first-order valence-electron chi connectivity index (χ1n) is 10.3. The van der Waals surface area contributed by atoms with E-state index in [-0.39, 0.29) is 11.8 Å². The van der Waals surface area contributed by atoms with E-state index in [4.69, 9.17) is 9.47 Å².